The van der Waals surface area contributed by atoms with Gasteiger partial charge in [0.25, 0.3) is 10.0 Å². The van der Waals surface area contributed by atoms with Crippen molar-refractivity contribution >= 4 is 33.2 Å². The van der Waals surface area contributed by atoms with Crippen LogP contribution in [0.2, 0.25) is 5.02 Å². The fourth-order valence-electron chi connectivity index (χ4n) is 2.93. The Hall–Kier alpha value is -2.97. The highest BCUT2D eigenvalue weighted by Crippen LogP contribution is 2.26. The van der Waals surface area contributed by atoms with Crippen molar-refractivity contribution in [3.63, 3.8) is 0 Å². The first-order valence-electron chi connectivity index (χ1n) is 9.61. The first-order valence-corrected chi connectivity index (χ1v) is 11.4. The number of halogens is 1. The minimum atomic E-state index is -3.99. The normalized spacial score (nSPS) is 11.2. The number of anilines is 1. The second kappa shape index (κ2) is 10.4. The van der Waals surface area contributed by atoms with Crippen LogP contribution in [0.1, 0.15) is 12.2 Å². The van der Waals surface area contributed by atoms with Crippen molar-refractivity contribution in [2.75, 3.05) is 24.5 Å². The number of benzene rings is 2. The molecule has 0 aliphatic rings. The number of nitrogens with zero attached hydrogens (tertiary/aromatic N) is 1. The van der Waals surface area contributed by atoms with Crippen LogP contribution < -0.4 is 14.4 Å². The molecule has 3 aromatic rings. The van der Waals surface area contributed by atoms with E-state index in [9.17, 15) is 13.2 Å². The lowest BCUT2D eigenvalue weighted by molar-refractivity contribution is -0.119. The molecule has 0 saturated heterocycles. The molecule has 1 N–H and O–H groups in total. The maximum absolute atomic E-state index is 13.3. The van der Waals surface area contributed by atoms with E-state index >= 15 is 0 Å². The minimum absolute atomic E-state index is 0.0499. The van der Waals surface area contributed by atoms with Gasteiger partial charge in [-0.05, 0) is 67.1 Å². The van der Waals surface area contributed by atoms with E-state index < -0.39 is 15.9 Å². The Kier molecular flexibility index (Phi) is 7.59. The molecule has 3 rings (SSSR count). The van der Waals surface area contributed by atoms with Gasteiger partial charge in [0.15, 0.2) is 0 Å². The van der Waals surface area contributed by atoms with E-state index in [2.05, 4.69) is 5.32 Å². The predicted octanol–water partition coefficient (Wildman–Crippen LogP) is 3.89. The molecule has 0 atom stereocenters. The summed E-state index contributed by atoms with van der Waals surface area (Å²) in [5.74, 6) is 0.955. The number of aryl methyl sites for hydroxylation is 1. The standard InChI is InChI=1S/C22H23ClN2O5S/c1-29-19-10-12-21(13-11-19)31(27,28)25(18-8-6-17(23)7-9-18)16-22(26)24-14-2-4-20-5-3-15-30-20/h3,5-13,15H,2,4,14,16H2,1H3,(H,24,26). The molecule has 0 fully saturated rings. The summed E-state index contributed by atoms with van der Waals surface area (Å²) in [4.78, 5) is 12.6. The van der Waals surface area contributed by atoms with Crippen molar-refractivity contribution in [1.29, 1.82) is 0 Å². The Morgan fingerprint density at radius 3 is 2.42 bits per heavy atom. The molecular weight excluding hydrogens is 440 g/mol. The average molecular weight is 463 g/mol. The SMILES string of the molecule is COc1ccc(S(=O)(=O)N(CC(=O)NCCCc2ccco2)c2ccc(Cl)cc2)cc1. The topological polar surface area (TPSA) is 88.9 Å². The second-order valence-electron chi connectivity index (χ2n) is 6.70. The molecule has 1 amide bonds. The van der Waals surface area contributed by atoms with Crippen molar-refractivity contribution < 1.29 is 22.4 Å². The molecule has 0 aliphatic heterocycles. The molecule has 164 valence electrons. The lowest BCUT2D eigenvalue weighted by Crippen LogP contribution is -2.41. The summed E-state index contributed by atoms with van der Waals surface area (Å²) in [7, 11) is -2.49. The summed E-state index contributed by atoms with van der Waals surface area (Å²) < 4.78 is 38.0. The van der Waals surface area contributed by atoms with Gasteiger partial charge in [-0.15, -0.1) is 0 Å². The molecule has 0 bridgehead atoms. The van der Waals surface area contributed by atoms with Gasteiger partial charge in [-0.1, -0.05) is 11.6 Å². The number of nitrogens with one attached hydrogen (secondary N) is 1. The molecule has 0 radical (unpaired) electrons. The van der Waals surface area contributed by atoms with Crippen LogP contribution in [0.15, 0.2) is 76.2 Å². The molecule has 1 aromatic heterocycles. The van der Waals surface area contributed by atoms with Crippen LogP contribution in [0.4, 0.5) is 5.69 Å². The molecule has 31 heavy (non-hydrogen) atoms. The van der Waals surface area contributed by atoms with Gasteiger partial charge in [-0.25, -0.2) is 8.42 Å². The van der Waals surface area contributed by atoms with Crippen LogP contribution >= 0.6 is 11.6 Å². The number of rotatable bonds is 10. The van der Waals surface area contributed by atoms with E-state index in [4.69, 9.17) is 20.8 Å². The van der Waals surface area contributed by atoms with Gasteiger partial charge in [0.05, 0.1) is 24.0 Å². The van der Waals surface area contributed by atoms with Gasteiger partial charge in [-0.3, -0.25) is 9.10 Å². The smallest absolute Gasteiger partial charge is 0.264 e. The third kappa shape index (κ3) is 6.02. The number of sulfonamides is 1. The number of ether oxygens (including phenoxy) is 1. The quantitative estimate of drug-likeness (QED) is 0.462. The predicted molar refractivity (Wildman–Crippen MR) is 119 cm³/mol. The zero-order chi connectivity index (χ0) is 22.3. The molecule has 0 aliphatic carbocycles. The van der Waals surface area contributed by atoms with Gasteiger partial charge in [0.2, 0.25) is 5.91 Å². The first-order chi connectivity index (χ1) is 14.9. The highest BCUT2D eigenvalue weighted by Gasteiger charge is 2.27. The minimum Gasteiger partial charge on any atom is -0.497 e. The fraction of sp³-hybridized carbons (Fsp3) is 0.227. The van der Waals surface area contributed by atoms with Crippen LogP contribution in [0.3, 0.4) is 0 Å². The Morgan fingerprint density at radius 1 is 1.10 bits per heavy atom. The molecule has 7 nitrogen and oxygen atoms in total. The van der Waals surface area contributed by atoms with Crippen LogP contribution in [0, 0.1) is 0 Å². The molecule has 0 saturated carbocycles. The van der Waals surface area contributed by atoms with Gasteiger partial charge in [0.1, 0.15) is 18.1 Å². The van der Waals surface area contributed by atoms with Crippen LogP contribution in [0.25, 0.3) is 0 Å². The molecule has 9 heteroatoms. The van der Waals surface area contributed by atoms with E-state index in [1.54, 1.807) is 42.7 Å². The zero-order valence-electron chi connectivity index (χ0n) is 17.0. The van der Waals surface area contributed by atoms with E-state index in [0.717, 1.165) is 10.1 Å². The van der Waals surface area contributed by atoms with Gasteiger partial charge in [-0.2, -0.15) is 0 Å². The molecule has 2 aromatic carbocycles. The summed E-state index contributed by atoms with van der Waals surface area (Å²) in [5.41, 5.74) is 0.339. The summed E-state index contributed by atoms with van der Waals surface area (Å²) in [6.07, 6.45) is 2.95. The van der Waals surface area contributed by atoms with Gasteiger partial charge >= 0.3 is 0 Å². The lowest BCUT2D eigenvalue weighted by atomic mass is 10.2. The van der Waals surface area contributed by atoms with Crippen LogP contribution in [0.5, 0.6) is 5.75 Å². The summed E-state index contributed by atoms with van der Waals surface area (Å²) in [5, 5.41) is 3.23. The van der Waals surface area contributed by atoms with Gasteiger partial charge < -0.3 is 14.5 Å². The van der Waals surface area contributed by atoms with E-state index in [-0.39, 0.29) is 11.4 Å². The summed E-state index contributed by atoms with van der Waals surface area (Å²) in [6, 6.07) is 16.0. The van der Waals surface area contributed by atoms with Crippen LogP contribution in [-0.4, -0.2) is 34.5 Å². The highest BCUT2D eigenvalue weighted by atomic mass is 35.5. The number of amides is 1. The maximum Gasteiger partial charge on any atom is 0.264 e. The summed E-state index contributed by atoms with van der Waals surface area (Å²) >= 11 is 5.94. The highest BCUT2D eigenvalue weighted by molar-refractivity contribution is 7.92. The van der Waals surface area contributed by atoms with E-state index in [0.29, 0.717) is 35.8 Å². The molecular formula is C22H23ClN2O5S. The van der Waals surface area contributed by atoms with Gasteiger partial charge in [0, 0.05) is 18.0 Å². The number of furan rings is 1. The van der Waals surface area contributed by atoms with Crippen molar-refractivity contribution in [1.82, 2.24) is 5.32 Å². The fourth-order valence-corrected chi connectivity index (χ4v) is 4.48. The van der Waals surface area contributed by atoms with E-state index in [1.165, 1.54) is 19.2 Å². The third-order valence-corrected chi connectivity index (χ3v) is 6.59. The monoisotopic (exact) mass is 462 g/mol. The van der Waals surface area contributed by atoms with Crippen molar-refractivity contribution in [3.05, 3.63) is 77.7 Å². The number of methoxy groups -OCH3 is 1. The Bertz CT molecular complexity index is 1080. The molecule has 1 heterocycles. The molecule has 0 unspecified atom stereocenters. The summed E-state index contributed by atoms with van der Waals surface area (Å²) in [6.45, 7) is 0.0350. The lowest BCUT2D eigenvalue weighted by Gasteiger charge is -2.24. The third-order valence-electron chi connectivity index (χ3n) is 4.55. The van der Waals surface area contributed by atoms with E-state index in [1.807, 2.05) is 12.1 Å². The maximum atomic E-state index is 13.3. The zero-order valence-corrected chi connectivity index (χ0v) is 18.5. The Labute approximate surface area is 186 Å². The molecule has 0 spiro atoms. The number of carbonyl (C=O) groups is 1. The largest absolute Gasteiger partial charge is 0.497 e. The number of carbonyl (C=O) groups excluding carboxylic acids is 1. The second-order valence-corrected chi connectivity index (χ2v) is 9.00. The Morgan fingerprint density at radius 2 is 1.81 bits per heavy atom. The first kappa shape index (κ1) is 22.7. The number of hydrogen-bond acceptors (Lipinski definition) is 5. The van der Waals surface area contributed by atoms with Crippen LogP contribution in [-0.2, 0) is 21.2 Å². The van der Waals surface area contributed by atoms with Crippen molar-refractivity contribution in [2.24, 2.45) is 0 Å². The van der Waals surface area contributed by atoms with Crippen molar-refractivity contribution in [2.45, 2.75) is 17.7 Å². The van der Waals surface area contributed by atoms with Crippen molar-refractivity contribution in [3.8, 4) is 5.75 Å². The average Bonchev–Trinajstić information content (AvgIpc) is 3.29. The Balaban J connectivity index is 1.74. The number of hydrogen-bond donors (Lipinski definition) is 1.